The SMILES string of the molecule is CCCCCOc1ccc(NC(=O)O[C@@H](COC)CN2CCN(C)CC2)cc1. The van der Waals surface area contributed by atoms with E-state index in [2.05, 4.69) is 29.1 Å². The zero-order valence-corrected chi connectivity index (χ0v) is 17.5. The smallest absolute Gasteiger partial charge is 0.412 e. The molecule has 1 atom stereocenters. The molecule has 7 nitrogen and oxygen atoms in total. The number of unbranched alkanes of at least 4 members (excludes halogenated alkanes) is 2. The topological polar surface area (TPSA) is 63.3 Å². The number of nitrogens with zero attached hydrogens (tertiary/aromatic N) is 2. The van der Waals surface area contributed by atoms with E-state index in [1.165, 1.54) is 12.8 Å². The van der Waals surface area contributed by atoms with E-state index in [9.17, 15) is 4.79 Å². The van der Waals surface area contributed by atoms with Crippen molar-refractivity contribution in [3.63, 3.8) is 0 Å². The Balaban J connectivity index is 1.76. The van der Waals surface area contributed by atoms with Gasteiger partial charge in [0.2, 0.25) is 0 Å². The number of benzene rings is 1. The van der Waals surface area contributed by atoms with Gasteiger partial charge in [0.25, 0.3) is 0 Å². The third-order valence-electron chi connectivity index (χ3n) is 4.80. The average molecular weight is 394 g/mol. The molecule has 158 valence electrons. The van der Waals surface area contributed by atoms with Crippen LogP contribution in [0.1, 0.15) is 26.2 Å². The highest BCUT2D eigenvalue weighted by Crippen LogP contribution is 2.16. The van der Waals surface area contributed by atoms with E-state index in [0.29, 0.717) is 25.4 Å². The Bertz CT molecular complexity index is 559. The van der Waals surface area contributed by atoms with Gasteiger partial charge in [0.05, 0.1) is 13.2 Å². The highest BCUT2D eigenvalue weighted by atomic mass is 16.6. The molecule has 1 aromatic carbocycles. The summed E-state index contributed by atoms with van der Waals surface area (Å²) in [6.07, 6.45) is 2.63. The van der Waals surface area contributed by atoms with Crippen LogP contribution in [0.2, 0.25) is 0 Å². The number of methoxy groups -OCH3 is 1. The molecule has 28 heavy (non-hydrogen) atoms. The number of hydrogen-bond donors (Lipinski definition) is 1. The minimum Gasteiger partial charge on any atom is -0.494 e. The van der Waals surface area contributed by atoms with Crippen LogP contribution in [0.3, 0.4) is 0 Å². The summed E-state index contributed by atoms with van der Waals surface area (Å²) in [5, 5.41) is 2.78. The van der Waals surface area contributed by atoms with E-state index < -0.39 is 6.09 Å². The van der Waals surface area contributed by atoms with Gasteiger partial charge in [-0.1, -0.05) is 19.8 Å². The van der Waals surface area contributed by atoms with E-state index in [4.69, 9.17) is 14.2 Å². The molecular formula is C21H35N3O4. The lowest BCUT2D eigenvalue weighted by Crippen LogP contribution is -2.48. The number of carbonyl (C=O) groups excluding carboxylic acids is 1. The molecule has 1 aliphatic rings. The molecule has 1 saturated heterocycles. The molecule has 0 aromatic heterocycles. The van der Waals surface area contributed by atoms with Crippen LogP contribution in [0, 0.1) is 0 Å². The van der Waals surface area contributed by atoms with Crippen LogP contribution in [0.25, 0.3) is 0 Å². The summed E-state index contributed by atoms with van der Waals surface area (Å²) in [7, 11) is 3.74. The highest BCUT2D eigenvalue weighted by Gasteiger charge is 2.21. The average Bonchev–Trinajstić information content (AvgIpc) is 2.68. The lowest BCUT2D eigenvalue weighted by molar-refractivity contribution is 0.0157. The summed E-state index contributed by atoms with van der Waals surface area (Å²) >= 11 is 0. The van der Waals surface area contributed by atoms with Crippen molar-refractivity contribution in [3.05, 3.63) is 24.3 Å². The quantitative estimate of drug-likeness (QED) is 0.583. The van der Waals surface area contributed by atoms with Crippen molar-refractivity contribution in [3.8, 4) is 5.75 Å². The minimum absolute atomic E-state index is 0.297. The van der Waals surface area contributed by atoms with Gasteiger partial charge in [0.1, 0.15) is 11.9 Å². The predicted octanol–water partition coefficient (Wildman–Crippen LogP) is 3.07. The first-order valence-electron chi connectivity index (χ1n) is 10.2. The van der Waals surface area contributed by atoms with Gasteiger partial charge in [-0.3, -0.25) is 10.2 Å². The zero-order valence-electron chi connectivity index (χ0n) is 17.5. The number of nitrogens with one attached hydrogen (secondary N) is 1. The second-order valence-electron chi connectivity index (χ2n) is 7.29. The van der Waals surface area contributed by atoms with Gasteiger partial charge in [-0.25, -0.2) is 4.79 Å². The number of carbonyl (C=O) groups is 1. The molecule has 1 amide bonds. The molecule has 1 aliphatic heterocycles. The second kappa shape index (κ2) is 12.6. The monoisotopic (exact) mass is 393 g/mol. The minimum atomic E-state index is -0.465. The lowest BCUT2D eigenvalue weighted by Gasteiger charge is -2.34. The van der Waals surface area contributed by atoms with E-state index in [1.54, 1.807) is 7.11 Å². The summed E-state index contributed by atoms with van der Waals surface area (Å²) in [6.45, 7) is 7.94. The van der Waals surface area contributed by atoms with Crippen LogP contribution < -0.4 is 10.1 Å². The van der Waals surface area contributed by atoms with Crippen LogP contribution in [0.4, 0.5) is 10.5 Å². The van der Waals surface area contributed by atoms with Crippen molar-refractivity contribution in [1.82, 2.24) is 9.80 Å². The molecule has 2 rings (SSSR count). The molecular weight excluding hydrogens is 358 g/mol. The van der Waals surface area contributed by atoms with Gasteiger partial charge in [-0.15, -0.1) is 0 Å². The normalized spacial score (nSPS) is 16.5. The number of rotatable bonds is 11. The van der Waals surface area contributed by atoms with Gasteiger partial charge < -0.3 is 19.1 Å². The maximum Gasteiger partial charge on any atom is 0.412 e. The number of anilines is 1. The first-order valence-corrected chi connectivity index (χ1v) is 10.2. The molecule has 0 saturated carbocycles. The van der Waals surface area contributed by atoms with Crippen LogP contribution in [0.5, 0.6) is 5.75 Å². The molecule has 1 fully saturated rings. The molecule has 0 unspecified atom stereocenters. The number of likely N-dealkylation sites (N-methyl/N-ethyl adjacent to an activating group) is 1. The van der Waals surface area contributed by atoms with E-state index >= 15 is 0 Å². The lowest BCUT2D eigenvalue weighted by atomic mass is 10.2. The zero-order chi connectivity index (χ0) is 20.2. The van der Waals surface area contributed by atoms with Gasteiger partial charge in [-0.05, 0) is 37.7 Å². The van der Waals surface area contributed by atoms with Crippen LogP contribution >= 0.6 is 0 Å². The Kier molecular flexibility index (Phi) is 10.1. The molecule has 7 heteroatoms. The Morgan fingerprint density at radius 1 is 1.14 bits per heavy atom. The Hall–Kier alpha value is -1.83. The first kappa shape index (κ1) is 22.5. The molecule has 0 bridgehead atoms. The second-order valence-corrected chi connectivity index (χ2v) is 7.29. The van der Waals surface area contributed by atoms with Crippen molar-refractivity contribution in [2.45, 2.75) is 32.3 Å². The maximum absolute atomic E-state index is 12.3. The number of hydrogen-bond acceptors (Lipinski definition) is 6. The van der Waals surface area contributed by atoms with Crippen LogP contribution in [-0.4, -0.2) is 82.1 Å². The molecule has 0 radical (unpaired) electrons. The number of piperazine rings is 1. The van der Waals surface area contributed by atoms with Crippen molar-refractivity contribution in [1.29, 1.82) is 0 Å². The summed E-state index contributed by atoms with van der Waals surface area (Å²) in [5.74, 6) is 0.808. The summed E-state index contributed by atoms with van der Waals surface area (Å²) in [6, 6.07) is 7.36. The van der Waals surface area contributed by atoms with Crippen molar-refractivity contribution in [2.24, 2.45) is 0 Å². The molecule has 1 heterocycles. The van der Waals surface area contributed by atoms with Crippen LogP contribution in [-0.2, 0) is 9.47 Å². The standard InChI is InChI=1S/C21H35N3O4/c1-4-5-6-15-27-19-9-7-18(8-10-19)22-21(25)28-20(17-26-3)16-24-13-11-23(2)12-14-24/h7-10,20H,4-6,11-17H2,1-3H3,(H,22,25)/t20-/m1/s1. The van der Waals surface area contributed by atoms with E-state index in [-0.39, 0.29) is 6.10 Å². The van der Waals surface area contributed by atoms with E-state index in [0.717, 1.165) is 38.3 Å². The third kappa shape index (κ3) is 8.46. The van der Waals surface area contributed by atoms with Crippen molar-refractivity contribution >= 4 is 11.8 Å². The van der Waals surface area contributed by atoms with Gasteiger partial charge >= 0.3 is 6.09 Å². The van der Waals surface area contributed by atoms with Crippen molar-refractivity contribution in [2.75, 3.05) is 65.4 Å². The van der Waals surface area contributed by atoms with E-state index in [1.807, 2.05) is 24.3 Å². The highest BCUT2D eigenvalue weighted by molar-refractivity contribution is 5.84. The fraction of sp³-hybridized carbons (Fsp3) is 0.667. The maximum atomic E-state index is 12.3. The summed E-state index contributed by atoms with van der Waals surface area (Å²) in [5.41, 5.74) is 0.682. The Morgan fingerprint density at radius 3 is 2.50 bits per heavy atom. The Morgan fingerprint density at radius 2 is 1.86 bits per heavy atom. The molecule has 1 aromatic rings. The summed E-state index contributed by atoms with van der Waals surface area (Å²) in [4.78, 5) is 16.9. The van der Waals surface area contributed by atoms with Gasteiger partial charge in [-0.2, -0.15) is 0 Å². The largest absolute Gasteiger partial charge is 0.494 e. The fourth-order valence-corrected chi connectivity index (χ4v) is 3.10. The van der Waals surface area contributed by atoms with Crippen molar-refractivity contribution < 1.29 is 19.0 Å². The summed E-state index contributed by atoms with van der Waals surface area (Å²) < 4.78 is 16.5. The molecule has 0 spiro atoms. The molecule has 1 N–H and O–H groups in total. The predicted molar refractivity (Wildman–Crippen MR) is 111 cm³/mol. The Labute approximate surface area is 168 Å². The number of ether oxygens (including phenoxy) is 3. The van der Waals surface area contributed by atoms with Gasteiger partial charge in [0.15, 0.2) is 0 Å². The third-order valence-corrected chi connectivity index (χ3v) is 4.80. The number of amides is 1. The fourth-order valence-electron chi connectivity index (χ4n) is 3.10. The molecule has 0 aliphatic carbocycles. The van der Waals surface area contributed by atoms with Crippen LogP contribution in [0.15, 0.2) is 24.3 Å². The van der Waals surface area contributed by atoms with Gasteiger partial charge in [0, 0.05) is 45.5 Å². The first-order chi connectivity index (χ1) is 13.6.